The molecular formula is C25H30BNO5. The highest BCUT2D eigenvalue weighted by Gasteiger charge is 2.51. The van der Waals surface area contributed by atoms with E-state index in [2.05, 4.69) is 0 Å². The van der Waals surface area contributed by atoms with Crippen LogP contribution in [0, 0.1) is 0 Å². The van der Waals surface area contributed by atoms with Crippen LogP contribution in [-0.4, -0.2) is 48.2 Å². The molecule has 0 N–H and O–H groups in total. The van der Waals surface area contributed by atoms with Gasteiger partial charge in [0.15, 0.2) is 0 Å². The first-order valence-corrected chi connectivity index (χ1v) is 11.2. The number of amides is 2. The molecule has 1 fully saturated rings. The molecule has 0 saturated carbocycles. The summed E-state index contributed by atoms with van der Waals surface area (Å²) >= 11 is 0. The molecular weight excluding hydrogens is 405 g/mol. The first-order chi connectivity index (χ1) is 15.2. The van der Waals surface area contributed by atoms with Crippen molar-refractivity contribution in [2.24, 2.45) is 0 Å². The molecule has 7 heteroatoms. The first-order valence-electron chi connectivity index (χ1n) is 11.2. The zero-order chi connectivity index (χ0) is 22.9. The van der Waals surface area contributed by atoms with Crippen LogP contribution in [0.15, 0.2) is 48.5 Å². The lowest BCUT2D eigenvalue weighted by Crippen LogP contribution is -2.41. The van der Waals surface area contributed by atoms with Gasteiger partial charge in [0, 0.05) is 6.54 Å². The minimum absolute atomic E-state index is 0.191. The second-order valence-electron chi connectivity index (χ2n) is 9.37. The van der Waals surface area contributed by atoms with Gasteiger partial charge in [-0.15, -0.1) is 0 Å². The van der Waals surface area contributed by atoms with E-state index >= 15 is 0 Å². The summed E-state index contributed by atoms with van der Waals surface area (Å²) in [6.07, 6.45) is 2.48. The molecule has 4 rings (SSSR count). The van der Waals surface area contributed by atoms with Gasteiger partial charge in [-0.1, -0.05) is 24.3 Å². The molecule has 32 heavy (non-hydrogen) atoms. The van der Waals surface area contributed by atoms with E-state index in [0.29, 0.717) is 24.3 Å². The Labute approximate surface area is 190 Å². The van der Waals surface area contributed by atoms with Crippen molar-refractivity contribution in [2.75, 3.05) is 13.2 Å². The maximum absolute atomic E-state index is 12.4. The van der Waals surface area contributed by atoms with E-state index in [4.69, 9.17) is 14.0 Å². The van der Waals surface area contributed by atoms with Gasteiger partial charge >= 0.3 is 7.12 Å². The van der Waals surface area contributed by atoms with Gasteiger partial charge in [0.05, 0.1) is 28.9 Å². The van der Waals surface area contributed by atoms with E-state index in [1.807, 2.05) is 52.0 Å². The van der Waals surface area contributed by atoms with Gasteiger partial charge < -0.3 is 14.0 Å². The van der Waals surface area contributed by atoms with Crippen LogP contribution >= 0.6 is 0 Å². The van der Waals surface area contributed by atoms with E-state index in [-0.39, 0.29) is 30.1 Å². The quantitative estimate of drug-likeness (QED) is 0.358. The summed E-state index contributed by atoms with van der Waals surface area (Å²) in [5.74, 6) is 0.415. The Bertz CT molecular complexity index is 951. The highest BCUT2D eigenvalue weighted by molar-refractivity contribution is 6.62. The molecule has 0 bridgehead atoms. The Hall–Kier alpha value is -2.64. The predicted molar refractivity (Wildman–Crippen MR) is 123 cm³/mol. The maximum atomic E-state index is 12.4. The maximum Gasteiger partial charge on any atom is 0.494 e. The van der Waals surface area contributed by atoms with Gasteiger partial charge in [0.2, 0.25) is 0 Å². The van der Waals surface area contributed by atoms with Crippen molar-refractivity contribution in [1.29, 1.82) is 0 Å². The van der Waals surface area contributed by atoms with E-state index in [0.717, 1.165) is 30.5 Å². The normalized spacial score (nSPS) is 18.9. The largest absolute Gasteiger partial charge is 0.494 e. The van der Waals surface area contributed by atoms with Crippen LogP contribution in [-0.2, 0) is 9.31 Å². The number of unbranched alkanes of at least 4 members (excludes halogenated alkanes) is 2. The second kappa shape index (κ2) is 8.72. The minimum Gasteiger partial charge on any atom is -0.494 e. The standard InChI is InChI=1S/C25H30BNO5/c1-24(2)25(3,4)32-26(31-24)18-12-14-19(15-13-18)30-17-9-5-8-16-27-22(28)20-10-6-7-11-21(20)23(27)29/h6-7,10-15H,5,8-9,16-17H2,1-4H3. The number of benzene rings is 2. The molecule has 0 spiro atoms. The Morgan fingerprint density at radius 3 is 1.94 bits per heavy atom. The molecule has 0 aromatic heterocycles. The summed E-state index contributed by atoms with van der Waals surface area (Å²) in [4.78, 5) is 26.1. The topological polar surface area (TPSA) is 65.1 Å². The third-order valence-corrected chi connectivity index (χ3v) is 6.58. The average molecular weight is 435 g/mol. The fraction of sp³-hybridized carbons (Fsp3) is 0.440. The molecule has 2 amide bonds. The van der Waals surface area contributed by atoms with E-state index in [9.17, 15) is 9.59 Å². The molecule has 0 atom stereocenters. The van der Waals surface area contributed by atoms with E-state index < -0.39 is 0 Å². The predicted octanol–water partition coefficient (Wildman–Crippen LogP) is 3.83. The van der Waals surface area contributed by atoms with Gasteiger partial charge in [0.25, 0.3) is 11.8 Å². The summed E-state index contributed by atoms with van der Waals surface area (Å²) in [5, 5.41) is 0. The molecule has 6 nitrogen and oxygen atoms in total. The summed E-state index contributed by atoms with van der Waals surface area (Å²) in [7, 11) is -0.379. The molecule has 2 aromatic rings. The summed E-state index contributed by atoms with van der Waals surface area (Å²) in [6, 6.07) is 14.8. The third kappa shape index (κ3) is 4.32. The van der Waals surface area contributed by atoms with Crippen LogP contribution in [0.2, 0.25) is 0 Å². The number of hydrogen-bond donors (Lipinski definition) is 0. The van der Waals surface area contributed by atoms with Crippen LogP contribution in [0.1, 0.15) is 67.7 Å². The fourth-order valence-electron chi connectivity index (χ4n) is 3.88. The fourth-order valence-corrected chi connectivity index (χ4v) is 3.88. The highest BCUT2D eigenvalue weighted by atomic mass is 16.7. The first kappa shape index (κ1) is 22.6. The van der Waals surface area contributed by atoms with Gasteiger partial charge in [0.1, 0.15) is 5.75 Å². The lowest BCUT2D eigenvalue weighted by atomic mass is 9.79. The Morgan fingerprint density at radius 2 is 1.38 bits per heavy atom. The molecule has 0 unspecified atom stereocenters. The third-order valence-electron chi connectivity index (χ3n) is 6.58. The Kier molecular flexibility index (Phi) is 6.14. The van der Waals surface area contributed by atoms with Crippen molar-refractivity contribution in [2.45, 2.75) is 58.2 Å². The number of carbonyl (C=O) groups excluding carboxylic acids is 2. The van der Waals surface area contributed by atoms with Crippen LogP contribution < -0.4 is 10.2 Å². The van der Waals surface area contributed by atoms with E-state index in [1.54, 1.807) is 24.3 Å². The van der Waals surface area contributed by atoms with Crippen LogP contribution in [0.4, 0.5) is 0 Å². The summed E-state index contributed by atoms with van der Waals surface area (Å²) < 4.78 is 18.0. The van der Waals surface area contributed by atoms with Crippen LogP contribution in [0.5, 0.6) is 5.75 Å². The smallest absolute Gasteiger partial charge is 0.494 e. The van der Waals surface area contributed by atoms with Crippen molar-refractivity contribution in [1.82, 2.24) is 4.90 Å². The molecule has 0 aliphatic carbocycles. The highest BCUT2D eigenvalue weighted by Crippen LogP contribution is 2.36. The molecule has 2 aliphatic rings. The molecule has 0 radical (unpaired) electrons. The van der Waals surface area contributed by atoms with Crippen molar-refractivity contribution >= 4 is 24.4 Å². The molecule has 2 heterocycles. The Morgan fingerprint density at radius 1 is 0.812 bits per heavy atom. The zero-order valence-corrected chi connectivity index (χ0v) is 19.2. The van der Waals surface area contributed by atoms with Crippen molar-refractivity contribution in [3.63, 3.8) is 0 Å². The SMILES string of the molecule is CC1(C)OB(c2ccc(OCCCCCN3C(=O)c4ccccc4C3=O)cc2)OC1(C)C. The van der Waals surface area contributed by atoms with Gasteiger partial charge in [-0.2, -0.15) is 0 Å². The zero-order valence-electron chi connectivity index (χ0n) is 19.2. The molecule has 2 aromatic carbocycles. The number of fused-ring (bicyclic) bond motifs is 1. The van der Waals surface area contributed by atoms with Crippen molar-refractivity contribution in [3.8, 4) is 5.75 Å². The van der Waals surface area contributed by atoms with Gasteiger partial charge in [-0.3, -0.25) is 14.5 Å². The summed E-state index contributed by atoms with van der Waals surface area (Å²) in [5.41, 5.74) is 1.26. The summed E-state index contributed by atoms with van der Waals surface area (Å²) in [6.45, 7) is 9.18. The van der Waals surface area contributed by atoms with Gasteiger partial charge in [-0.05, 0) is 76.7 Å². The van der Waals surface area contributed by atoms with Crippen LogP contribution in [0.3, 0.4) is 0 Å². The Balaban J connectivity index is 1.18. The number of imide groups is 1. The van der Waals surface area contributed by atoms with Crippen molar-refractivity contribution in [3.05, 3.63) is 59.7 Å². The average Bonchev–Trinajstić information content (AvgIpc) is 3.14. The number of hydrogen-bond acceptors (Lipinski definition) is 5. The number of carbonyl (C=O) groups is 2. The molecule has 2 aliphatic heterocycles. The molecule has 168 valence electrons. The number of nitrogens with zero attached hydrogens (tertiary/aromatic N) is 1. The lowest BCUT2D eigenvalue weighted by molar-refractivity contribution is 0.00578. The minimum atomic E-state index is -0.379. The lowest BCUT2D eigenvalue weighted by Gasteiger charge is -2.32. The monoisotopic (exact) mass is 435 g/mol. The molecule has 1 saturated heterocycles. The van der Waals surface area contributed by atoms with Gasteiger partial charge in [-0.25, -0.2) is 0 Å². The number of ether oxygens (including phenoxy) is 1. The van der Waals surface area contributed by atoms with Crippen LogP contribution in [0.25, 0.3) is 0 Å². The number of rotatable bonds is 8. The van der Waals surface area contributed by atoms with E-state index in [1.165, 1.54) is 4.90 Å². The second-order valence-corrected chi connectivity index (χ2v) is 9.37. The van der Waals surface area contributed by atoms with Crippen molar-refractivity contribution < 1.29 is 23.6 Å².